The van der Waals surface area contributed by atoms with Gasteiger partial charge in [0.25, 0.3) is 0 Å². The van der Waals surface area contributed by atoms with E-state index in [2.05, 4.69) is 19.2 Å². The lowest BCUT2D eigenvalue weighted by Crippen LogP contribution is -2.24. The van der Waals surface area contributed by atoms with E-state index in [0.717, 1.165) is 33.9 Å². The van der Waals surface area contributed by atoms with Gasteiger partial charge in [0.2, 0.25) is 5.91 Å². The van der Waals surface area contributed by atoms with Crippen LogP contribution in [0.25, 0.3) is 22.4 Å². The van der Waals surface area contributed by atoms with Crippen molar-refractivity contribution in [1.82, 2.24) is 19.2 Å². The number of fused-ring (bicyclic) bond motifs is 1. The first-order valence-corrected chi connectivity index (χ1v) is 8.99. The van der Waals surface area contributed by atoms with Crippen LogP contribution < -0.4 is 5.32 Å². The maximum absolute atomic E-state index is 12.2. The minimum Gasteiger partial charge on any atom is -0.356 e. The fourth-order valence-corrected chi connectivity index (χ4v) is 3.41. The summed E-state index contributed by atoms with van der Waals surface area (Å²) >= 11 is 7.30. The van der Waals surface area contributed by atoms with E-state index in [1.165, 1.54) is 0 Å². The lowest BCUT2D eigenvalue weighted by molar-refractivity contribution is -0.120. The van der Waals surface area contributed by atoms with Gasteiger partial charge in [-0.1, -0.05) is 41.0 Å². The Morgan fingerprint density at radius 3 is 2.92 bits per heavy atom. The first-order chi connectivity index (χ1) is 12.7. The molecule has 0 fully saturated rings. The van der Waals surface area contributed by atoms with Crippen LogP contribution >= 0.6 is 23.3 Å². The van der Waals surface area contributed by atoms with Gasteiger partial charge in [0.1, 0.15) is 16.7 Å². The van der Waals surface area contributed by atoms with Gasteiger partial charge in [-0.3, -0.25) is 4.79 Å². The summed E-state index contributed by atoms with van der Waals surface area (Å²) in [4.78, 5) is 12.2. The maximum atomic E-state index is 12.2. The van der Waals surface area contributed by atoms with Gasteiger partial charge in [0.05, 0.1) is 29.7 Å². The SMILES string of the molecule is O=C(Cc1cccc2nsnc12)NCc1cc(-c2ccccc2Cl)on1. The highest BCUT2D eigenvalue weighted by Crippen LogP contribution is 2.27. The number of hydrogen-bond acceptors (Lipinski definition) is 6. The Hall–Kier alpha value is -2.77. The van der Waals surface area contributed by atoms with Crippen LogP contribution in [-0.4, -0.2) is 19.8 Å². The average Bonchev–Trinajstić information content (AvgIpc) is 3.30. The summed E-state index contributed by atoms with van der Waals surface area (Å²) in [7, 11) is 0. The topological polar surface area (TPSA) is 80.9 Å². The summed E-state index contributed by atoms with van der Waals surface area (Å²) in [5.74, 6) is 0.450. The third-order valence-electron chi connectivity index (χ3n) is 3.89. The summed E-state index contributed by atoms with van der Waals surface area (Å²) < 4.78 is 13.8. The van der Waals surface area contributed by atoms with Crippen molar-refractivity contribution in [2.45, 2.75) is 13.0 Å². The molecule has 6 nitrogen and oxygen atoms in total. The van der Waals surface area contributed by atoms with E-state index in [1.807, 2.05) is 36.4 Å². The number of rotatable bonds is 5. The highest BCUT2D eigenvalue weighted by molar-refractivity contribution is 7.00. The monoisotopic (exact) mass is 384 g/mol. The third-order valence-corrected chi connectivity index (χ3v) is 4.76. The van der Waals surface area contributed by atoms with Gasteiger partial charge in [0, 0.05) is 11.6 Å². The summed E-state index contributed by atoms with van der Waals surface area (Å²) in [6, 6.07) is 14.8. The number of benzene rings is 2. The van der Waals surface area contributed by atoms with Gasteiger partial charge in [-0.15, -0.1) is 0 Å². The first kappa shape index (κ1) is 16.7. The Balaban J connectivity index is 1.41. The second-order valence-electron chi connectivity index (χ2n) is 5.66. The van der Waals surface area contributed by atoms with E-state index in [4.69, 9.17) is 16.1 Å². The lowest BCUT2D eigenvalue weighted by Gasteiger charge is -2.03. The number of nitrogens with one attached hydrogen (secondary N) is 1. The zero-order valence-electron chi connectivity index (χ0n) is 13.5. The molecule has 2 aromatic carbocycles. The molecule has 0 radical (unpaired) electrons. The second-order valence-corrected chi connectivity index (χ2v) is 6.60. The highest BCUT2D eigenvalue weighted by atomic mass is 35.5. The number of hydrogen-bond donors (Lipinski definition) is 1. The Labute approximate surface area is 158 Å². The van der Waals surface area contributed by atoms with Crippen LogP contribution in [0.4, 0.5) is 0 Å². The number of halogens is 1. The summed E-state index contributed by atoms with van der Waals surface area (Å²) in [5, 5.41) is 7.42. The standard InChI is InChI=1S/C18H13ClN4O2S/c19-14-6-2-1-5-13(14)16-9-12(21-25-16)10-20-17(24)8-11-4-3-7-15-18(11)23-26-22-15/h1-7,9H,8,10H2,(H,20,24). The molecule has 0 saturated carbocycles. The smallest absolute Gasteiger partial charge is 0.224 e. The Morgan fingerprint density at radius 1 is 1.15 bits per heavy atom. The Bertz CT molecular complexity index is 1080. The molecule has 8 heteroatoms. The van der Waals surface area contributed by atoms with Gasteiger partial charge in [-0.2, -0.15) is 8.75 Å². The average molecular weight is 385 g/mol. The molecule has 0 atom stereocenters. The fraction of sp³-hybridized carbons (Fsp3) is 0.111. The Morgan fingerprint density at radius 2 is 2.04 bits per heavy atom. The summed E-state index contributed by atoms with van der Waals surface area (Å²) in [5.41, 5.74) is 3.82. The molecule has 0 aliphatic rings. The fourth-order valence-electron chi connectivity index (χ4n) is 2.61. The van der Waals surface area contributed by atoms with Crippen molar-refractivity contribution < 1.29 is 9.32 Å². The largest absolute Gasteiger partial charge is 0.356 e. The van der Waals surface area contributed by atoms with Crippen molar-refractivity contribution >= 4 is 40.3 Å². The molecule has 0 unspecified atom stereocenters. The molecule has 1 N–H and O–H groups in total. The number of carbonyl (C=O) groups excluding carboxylic acids is 1. The van der Waals surface area contributed by atoms with Crippen molar-refractivity contribution in [3.63, 3.8) is 0 Å². The maximum Gasteiger partial charge on any atom is 0.224 e. The quantitative estimate of drug-likeness (QED) is 0.565. The molecule has 2 heterocycles. The molecule has 1 amide bonds. The van der Waals surface area contributed by atoms with Crippen molar-refractivity contribution in [2.75, 3.05) is 0 Å². The van der Waals surface area contributed by atoms with E-state index < -0.39 is 0 Å². The van der Waals surface area contributed by atoms with E-state index in [-0.39, 0.29) is 18.9 Å². The minimum atomic E-state index is -0.118. The van der Waals surface area contributed by atoms with E-state index in [1.54, 1.807) is 12.1 Å². The predicted octanol–water partition coefficient (Wildman–Crippen LogP) is 3.86. The molecule has 0 saturated heterocycles. The Kier molecular flexibility index (Phi) is 4.64. The molecule has 4 rings (SSSR count). The zero-order valence-corrected chi connectivity index (χ0v) is 15.0. The minimum absolute atomic E-state index is 0.118. The summed E-state index contributed by atoms with van der Waals surface area (Å²) in [6.45, 7) is 0.276. The molecular formula is C18H13ClN4O2S. The molecule has 0 spiro atoms. The van der Waals surface area contributed by atoms with Crippen LogP contribution in [0.2, 0.25) is 5.02 Å². The van der Waals surface area contributed by atoms with Crippen molar-refractivity contribution in [2.24, 2.45) is 0 Å². The molecule has 0 bridgehead atoms. The van der Waals surface area contributed by atoms with E-state index in [0.29, 0.717) is 16.5 Å². The van der Waals surface area contributed by atoms with Gasteiger partial charge < -0.3 is 9.84 Å². The third kappa shape index (κ3) is 3.44. The molecule has 0 aliphatic heterocycles. The van der Waals surface area contributed by atoms with E-state index >= 15 is 0 Å². The lowest BCUT2D eigenvalue weighted by atomic mass is 10.1. The van der Waals surface area contributed by atoms with E-state index in [9.17, 15) is 4.79 Å². The van der Waals surface area contributed by atoms with Crippen LogP contribution in [0.15, 0.2) is 53.1 Å². The number of aromatic nitrogens is 3. The normalized spacial score (nSPS) is 11.0. The molecule has 26 heavy (non-hydrogen) atoms. The van der Waals surface area contributed by atoms with Gasteiger partial charge >= 0.3 is 0 Å². The van der Waals surface area contributed by atoms with Crippen LogP contribution in [0.5, 0.6) is 0 Å². The van der Waals surface area contributed by atoms with Crippen LogP contribution in [0.1, 0.15) is 11.3 Å². The predicted molar refractivity (Wildman–Crippen MR) is 99.9 cm³/mol. The molecule has 0 aliphatic carbocycles. The van der Waals surface area contributed by atoms with Crippen molar-refractivity contribution in [3.8, 4) is 11.3 Å². The highest BCUT2D eigenvalue weighted by Gasteiger charge is 2.12. The molecular weight excluding hydrogens is 372 g/mol. The molecule has 130 valence electrons. The van der Waals surface area contributed by atoms with Crippen LogP contribution in [0, 0.1) is 0 Å². The molecule has 2 aromatic heterocycles. The van der Waals surface area contributed by atoms with Gasteiger partial charge in [-0.05, 0) is 23.8 Å². The van der Waals surface area contributed by atoms with Gasteiger partial charge in [-0.25, -0.2) is 0 Å². The van der Waals surface area contributed by atoms with Gasteiger partial charge in [0.15, 0.2) is 5.76 Å². The number of carbonyl (C=O) groups is 1. The first-order valence-electron chi connectivity index (χ1n) is 7.88. The molecule has 4 aromatic rings. The van der Waals surface area contributed by atoms with Crippen LogP contribution in [-0.2, 0) is 17.8 Å². The number of amides is 1. The van der Waals surface area contributed by atoms with Crippen molar-refractivity contribution in [3.05, 3.63) is 64.8 Å². The second kappa shape index (κ2) is 7.23. The zero-order chi connectivity index (χ0) is 17.9. The van der Waals surface area contributed by atoms with Crippen LogP contribution in [0.3, 0.4) is 0 Å². The van der Waals surface area contributed by atoms with Crippen molar-refractivity contribution in [1.29, 1.82) is 0 Å². The number of nitrogens with zero attached hydrogens (tertiary/aromatic N) is 3. The summed E-state index contributed by atoms with van der Waals surface area (Å²) in [6.07, 6.45) is 0.234.